The number of thiocarbonyl (C=S) groups is 1. The molecule has 2 heterocycles. The molecule has 1 atom stereocenters. The molecule has 170 valence electrons. The van der Waals surface area contributed by atoms with E-state index in [0.717, 1.165) is 39.2 Å². The maximum atomic E-state index is 14.1. The van der Waals surface area contributed by atoms with Crippen molar-refractivity contribution < 1.29 is 8.91 Å². The molecule has 1 unspecified atom stereocenters. The first-order valence-electron chi connectivity index (χ1n) is 11.0. The molecule has 0 spiro atoms. The van der Waals surface area contributed by atoms with Crippen LogP contribution in [0.25, 0.3) is 17.0 Å². The number of aromatic nitrogens is 2. The van der Waals surface area contributed by atoms with Gasteiger partial charge in [-0.1, -0.05) is 64.8 Å². The van der Waals surface area contributed by atoms with Gasteiger partial charge in [0.25, 0.3) is 5.89 Å². The molecule has 0 aliphatic carbocycles. The lowest BCUT2D eigenvalue weighted by atomic mass is 9.94. The number of allylic oxidation sites excluding steroid dienone is 1. The maximum absolute atomic E-state index is 14.1. The highest BCUT2D eigenvalue weighted by molar-refractivity contribution is 7.80. The highest BCUT2D eigenvalue weighted by Crippen LogP contribution is 2.39. The SMILES string of the molecule is CC1=C(c2nc(-c3ccc(C)cc3)no2)C(c2cccc(F)c2)NC(=S)N1c1ccc(C)cc1. The molecule has 0 bridgehead atoms. The topological polar surface area (TPSA) is 54.2 Å². The molecule has 1 aliphatic heterocycles. The third kappa shape index (κ3) is 4.10. The van der Waals surface area contributed by atoms with E-state index in [2.05, 4.69) is 10.5 Å². The summed E-state index contributed by atoms with van der Waals surface area (Å²) in [5.74, 6) is 0.520. The van der Waals surface area contributed by atoms with Gasteiger partial charge in [-0.2, -0.15) is 4.98 Å². The summed E-state index contributed by atoms with van der Waals surface area (Å²) in [6, 6.07) is 22.0. The fraction of sp³-hybridized carbons (Fsp3) is 0.148. The number of nitrogens with zero attached hydrogens (tertiary/aromatic N) is 3. The van der Waals surface area contributed by atoms with Crippen LogP contribution in [0.4, 0.5) is 10.1 Å². The lowest BCUT2D eigenvalue weighted by Crippen LogP contribution is -2.46. The van der Waals surface area contributed by atoms with Crippen LogP contribution >= 0.6 is 12.2 Å². The molecule has 0 saturated heterocycles. The average molecular weight is 471 g/mol. The van der Waals surface area contributed by atoms with Crippen molar-refractivity contribution >= 4 is 28.6 Å². The summed E-state index contributed by atoms with van der Waals surface area (Å²) in [7, 11) is 0. The second-order valence-electron chi connectivity index (χ2n) is 8.40. The van der Waals surface area contributed by atoms with E-state index in [1.54, 1.807) is 6.07 Å². The molecule has 1 N–H and O–H groups in total. The lowest BCUT2D eigenvalue weighted by molar-refractivity contribution is 0.404. The minimum atomic E-state index is -0.448. The first-order valence-corrected chi connectivity index (χ1v) is 11.4. The van der Waals surface area contributed by atoms with E-state index in [9.17, 15) is 4.39 Å². The van der Waals surface area contributed by atoms with E-state index in [1.807, 2.05) is 80.3 Å². The molecule has 5 nitrogen and oxygen atoms in total. The molecule has 7 heteroatoms. The van der Waals surface area contributed by atoms with Gasteiger partial charge in [0.2, 0.25) is 5.82 Å². The smallest absolute Gasteiger partial charge is 0.258 e. The Morgan fingerprint density at radius 3 is 2.29 bits per heavy atom. The predicted molar refractivity (Wildman–Crippen MR) is 136 cm³/mol. The van der Waals surface area contributed by atoms with Gasteiger partial charge in [0.15, 0.2) is 5.11 Å². The van der Waals surface area contributed by atoms with Crippen molar-refractivity contribution in [2.24, 2.45) is 0 Å². The Hall–Kier alpha value is -3.84. The Balaban J connectivity index is 1.65. The van der Waals surface area contributed by atoms with E-state index in [4.69, 9.17) is 21.7 Å². The fourth-order valence-corrected chi connectivity index (χ4v) is 4.47. The zero-order valence-corrected chi connectivity index (χ0v) is 19.9. The summed E-state index contributed by atoms with van der Waals surface area (Å²) >= 11 is 5.75. The minimum Gasteiger partial charge on any atom is -0.351 e. The predicted octanol–water partition coefficient (Wildman–Crippen LogP) is 6.36. The minimum absolute atomic E-state index is 0.325. The van der Waals surface area contributed by atoms with E-state index < -0.39 is 6.04 Å². The number of hydrogen-bond donors (Lipinski definition) is 1. The Morgan fingerprint density at radius 1 is 0.941 bits per heavy atom. The summed E-state index contributed by atoms with van der Waals surface area (Å²) in [5.41, 5.74) is 6.36. The third-order valence-electron chi connectivity index (χ3n) is 5.93. The van der Waals surface area contributed by atoms with Crippen LogP contribution < -0.4 is 10.2 Å². The van der Waals surface area contributed by atoms with Gasteiger partial charge in [0.05, 0.1) is 11.6 Å². The molecule has 5 rings (SSSR count). The molecule has 0 radical (unpaired) electrons. The quantitative estimate of drug-likeness (QED) is 0.350. The Labute approximate surface area is 202 Å². The Bertz CT molecular complexity index is 1390. The molecule has 1 aromatic heterocycles. The van der Waals surface area contributed by atoms with Gasteiger partial charge in [0, 0.05) is 16.9 Å². The van der Waals surface area contributed by atoms with Crippen LogP contribution in [0.2, 0.25) is 0 Å². The molecule has 34 heavy (non-hydrogen) atoms. The molecular formula is C27H23FN4OS. The van der Waals surface area contributed by atoms with Crippen LogP contribution in [-0.2, 0) is 0 Å². The molecule has 0 saturated carbocycles. The normalized spacial score (nSPS) is 16.1. The zero-order valence-electron chi connectivity index (χ0n) is 19.0. The summed E-state index contributed by atoms with van der Waals surface area (Å²) in [6.45, 7) is 6.03. The van der Waals surface area contributed by atoms with Crippen molar-refractivity contribution in [2.75, 3.05) is 4.90 Å². The third-order valence-corrected chi connectivity index (χ3v) is 6.23. The van der Waals surface area contributed by atoms with Gasteiger partial charge in [-0.05, 0) is 62.8 Å². The van der Waals surface area contributed by atoms with Crippen molar-refractivity contribution in [1.29, 1.82) is 0 Å². The molecule has 0 amide bonds. The number of nitrogens with one attached hydrogen (secondary N) is 1. The first kappa shape index (κ1) is 22.0. The van der Waals surface area contributed by atoms with Crippen molar-refractivity contribution in [3.63, 3.8) is 0 Å². The van der Waals surface area contributed by atoms with Crippen molar-refractivity contribution in [3.05, 3.63) is 107 Å². The van der Waals surface area contributed by atoms with Crippen molar-refractivity contribution in [3.8, 4) is 11.4 Å². The number of rotatable bonds is 4. The van der Waals surface area contributed by atoms with E-state index >= 15 is 0 Å². The monoisotopic (exact) mass is 470 g/mol. The molecular weight excluding hydrogens is 447 g/mol. The van der Waals surface area contributed by atoms with E-state index in [-0.39, 0.29) is 5.82 Å². The molecule has 3 aromatic carbocycles. The Morgan fingerprint density at radius 2 is 1.62 bits per heavy atom. The summed E-state index contributed by atoms with van der Waals surface area (Å²) in [6.07, 6.45) is 0. The van der Waals surface area contributed by atoms with Crippen LogP contribution in [0.15, 0.2) is 83.0 Å². The standard InChI is InChI=1S/C27H23FN4OS/c1-16-7-11-19(12-8-16)25-30-26(33-31-25)23-18(3)32(22-13-9-17(2)10-14-22)27(34)29-24(23)20-5-4-6-21(28)15-20/h4-15,24H,1-3H3,(H,29,34). The van der Waals surface area contributed by atoms with Gasteiger partial charge < -0.3 is 9.84 Å². The number of hydrogen-bond acceptors (Lipinski definition) is 4. The Kier molecular flexibility index (Phi) is 5.71. The van der Waals surface area contributed by atoms with Crippen LogP contribution in [0.1, 0.15) is 35.5 Å². The molecule has 1 aliphatic rings. The maximum Gasteiger partial charge on any atom is 0.258 e. The van der Waals surface area contributed by atoms with Crippen LogP contribution in [-0.4, -0.2) is 15.3 Å². The second-order valence-corrected chi connectivity index (χ2v) is 8.78. The van der Waals surface area contributed by atoms with Gasteiger partial charge >= 0.3 is 0 Å². The van der Waals surface area contributed by atoms with Crippen molar-refractivity contribution in [2.45, 2.75) is 26.8 Å². The van der Waals surface area contributed by atoms with Crippen LogP contribution in [0, 0.1) is 19.7 Å². The zero-order chi connectivity index (χ0) is 23.8. The number of halogens is 1. The largest absolute Gasteiger partial charge is 0.351 e. The first-order chi connectivity index (χ1) is 16.4. The fourth-order valence-electron chi connectivity index (χ4n) is 4.11. The molecule has 0 fully saturated rings. The summed E-state index contributed by atoms with van der Waals surface area (Å²) in [4.78, 5) is 6.65. The van der Waals surface area contributed by atoms with Gasteiger partial charge in [0.1, 0.15) is 5.82 Å². The molecule has 4 aromatic rings. The summed E-state index contributed by atoms with van der Waals surface area (Å²) < 4.78 is 19.9. The highest BCUT2D eigenvalue weighted by atomic mass is 32.1. The number of anilines is 1. The summed E-state index contributed by atoms with van der Waals surface area (Å²) in [5, 5.41) is 8.10. The van der Waals surface area contributed by atoms with Gasteiger partial charge in [-0.3, -0.25) is 4.90 Å². The number of benzene rings is 3. The highest BCUT2D eigenvalue weighted by Gasteiger charge is 2.35. The average Bonchev–Trinajstić information content (AvgIpc) is 3.30. The van der Waals surface area contributed by atoms with Crippen LogP contribution in [0.5, 0.6) is 0 Å². The van der Waals surface area contributed by atoms with Crippen LogP contribution in [0.3, 0.4) is 0 Å². The van der Waals surface area contributed by atoms with E-state index in [1.165, 1.54) is 12.1 Å². The van der Waals surface area contributed by atoms with Gasteiger partial charge in [-0.25, -0.2) is 4.39 Å². The van der Waals surface area contributed by atoms with Crippen molar-refractivity contribution in [1.82, 2.24) is 15.5 Å². The van der Waals surface area contributed by atoms with Gasteiger partial charge in [-0.15, -0.1) is 0 Å². The number of aryl methyl sites for hydroxylation is 2. The lowest BCUT2D eigenvalue weighted by Gasteiger charge is -2.37. The van der Waals surface area contributed by atoms with E-state index in [0.29, 0.717) is 16.8 Å². The second kappa shape index (κ2) is 8.83.